The summed E-state index contributed by atoms with van der Waals surface area (Å²) < 4.78 is 9.03. The van der Waals surface area contributed by atoms with Crippen LogP contribution in [0.2, 0.25) is 5.22 Å². The zero-order valence-corrected chi connectivity index (χ0v) is 13.6. The maximum Gasteiger partial charge on any atom is 0.328 e. The van der Waals surface area contributed by atoms with Crippen molar-refractivity contribution in [2.75, 3.05) is 0 Å². The zero-order valence-electron chi connectivity index (χ0n) is 11.3. The van der Waals surface area contributed by atoms with E-state index in [-0.39, 0.29) is 10.9 Å². The van der Waals surface area contributed by atoms with E-state index in [2.05, 4.69) is 15.9 Å². The molecule has 3 rings (SSSR count). The summed E-state index contributed by atoms with van der Waals surface area (Å²) in [6.45, 7) is 0. The van der Waals surface area contributed by atoms with E-state index in [1.807, 2.05) is 0 Å². The van der Waals surface area contributed by atoms with Crippen LogP contribution < -0.4 is 5.69 Å². The maximum atomic E-state index is 12.0. The Morgan fingerprint density at radius 1 is 1.24 bits per heavy atom. The molecule has 0 aliphatic heterocycles. The highest BCUT2D eigenvalue weighted by molar-refractivity contribution is 9.10. The molecule has 1 N–H and O–H groups in total. The van der Waals surface area contributed by atoms with Gasteiger partial charge in [-0.3, -0.25) is 9.13 Å². The Morgan fingerprint density at radius 2 is 1.86 bits per heavy atom. The summed E-state index contributed by atoms with van der Waals surface area (Å²) in [6, 6.07) is 6.76. The maximum absolute atomic E-state index is 12.0. The van der Waals surface area contributed by atoms with Crippen LogP contribution in [-0.2, 0) is 14.1 Å². The van der Waals surface area contributed by atoms with Crippen molar-refractivity contribution in [3.8, 4) is 0 Å². The Bertz CT molecular complexity index is 894. The molecule has 7 heteroatoms. The van der Waals surface area contributed by atoms with E-state index in [4.69, 9.17) is 16.0 Å². The largest absolute Gasteiger partial charge is 0.447 e. The molecule has 0 fully saturated rings. The van der Waals surface area contributed by atoms with Gasteiger partial charge in [0.1, 0.15) is 11.9 Å². The Morgan fingerprint density at radius 3 is 2.43 bits per heavy atom. The molecule has 0 saturated carbocycles. The van der Waals surface area contributed by atoms with Gasteiger partial charge < -0.3 is 9.52 Å². The molecule has 0 bridgehead atoms. The van der Waals surface area contributed by atoms with Crippen molar-refractivity contribution in [2.45, 2.75) is 6.10 Å². The number of rotatable bonds is 2. The molecule has 0 saturated heterocycles. The molecule has 0 aliphatic rings. The summed E-state index contributed by atoms with van der Waals surface area (Å²) in [5.74, 6) is 0.348. The highest BCUT2D eigenvalue weighted by Gasteiger charge is 2.20. The minimum absolute atomic E-state index is 0.121. The van der Waals surface area contributed by atoms with Crippen molar-refractivity contribution in [3.05, 3.63) is 55.8 Å². The van der Waals surface area contributed by atoms with E-state index in [1.54, 1.807) is 42.9 Å². The lowest BCUT2D eigenvalue weighted by molar-refractivity contribution is 0.189. The molecule has 0 amide bonds. The Balaban J connectivity index is 2.21. The average Bonchev–Trinajstić information content (AvgIpc) is 2.97. The lowest BCUT2D eigenvalue weighted by Gasteiger charge is -2.11. The number of fused-ring (bicyclic) bond motifs is 1. The number of aryl methyl sites for hydroxylation is 2. The molecular weight excluding hydrogens is 360 g/mol. The van der Waals surface area contributed by atoms with Gasteiger partial charge in [-0.15, -0.1) is 0 Å². The fraction of sp³-hybridized carbons (Fsp3) is 0.214. The molecule has 0 spiro atoms. The number of nitrogens with zero attached hydrogens (tertiary/aromatic N) is 2. The van der Waals surface area contributed by atoms with Crippen LogP contribution in [0.15, 0.2) is 37.9 Å². The second kappa shape index (κ2) is 5.05. The van der Waals surface area contributed by atoms with E-state index in [1.165, 1.54) is 4.57 Å². The number of imidazole rings is 1. The van der Waals surface area contributed by atoms with Gasteiger partial charge in [-0.25, -0.2) is 4.79 Å². The van der Waals surface area contributed by atoms with E-state index in [0.29, 0.717) is 15.8 Å². The first kappa shape index (κ1) is 14.4. The molecule has 5 nitrogen and oxygen atoms in total. The second-order valence-electron chi connectivity index (χ2n) is 4.81. The van der Waals surface area contributed by atoms with Crippen LogP contribution >= 0.6 is 27.5 Å². The van der Waals surface area contributed by atoms with Gasteiger partial charge in [0.25, 0.3) is 0 Å². The lowest BCUT2D eigenvalue weighted by atomic mass is 10.1. The summed E-state index contributed by atoms with van der Waals surface area (Å²) in [7, 11) is 3.40. The van der Waals surface area contributed by atoms with Crippen LogP contribution in [0.1, 0.15) is 17.4 Å². The van der Waals surface area contributed by atoms with Gasteiger partial charge in [0.05, 0.1) is 11.0 Å². The average molecular weight is 372 g/mol. The number of aromatic nitrogens is 2. The summed E-state index contributed by atoms with van der Waals surface area (Å²) in [6.07, 6.45) is -0.966. The smallest absolute Gasteiger partial charge is 0.328 e. The Labute approximate surface area is 133 Å². The van der Waals surface area contributed by atoms with Gasteiger partial charge in [-0.1, -0.05) is 15.9 Å². The van der Waals surface area contributed by atoms with Crippen LogP contribution in [0.25, 0.3) is 11.0 Å². The molecule has 0 aliphatic carbocycles. The van der Waals surface area contributed by atoms with Crippen LogP contribution in [0.3, 0.4) is 0 Å². The standard InChI is InChI=1S/C14H12BrClN2O3/c1-17-9-5-7(13(19)11-3-4-12(16)21-11)8(15)6-10(9)18(2)14(17)20/h3-6,13,19H,1-2H3. The molecule has 3 aromatic rings. The van der Waals surface area contributed by atoms with Gasteiger partial charge >= 0.3 is 5.69 Å². The molecular formula is C14H12BrClN2O3. The minimum atomic E-state index is -0.966. The molecule has 2 aromatic heterocycles. The number of benzene rings is 1. The summed E-state index contributed by atoms with van der Waals surface area (Å²) >= 11 is 9.17. The van der Waals surface area contributed by atoms with Crippen LogP contribution in [0, 0.1) is 0 Å². The minimum Gasteiger partial charge on any atom is -0.447 e. The third-order valence-corrected chi connectivity index (χ3v) is 4.44. The van der Waals surface area contributed by atoms with E-state index < -0.39 is 6.10 Å². The van der Waals surface area contributed by atoms with Crippen LogP contribution in [0.4, 0.5) is 0 Å². The zero-order chi connectivity index (χ0) is 15.3. The molecule has 1 unspecified atom stereocenters. The van der Waals surface area contributed by atoms with E-state index in [0.717, 1.165) is 11.0 Å². The van der Waals surface area contributed by atoms with Gasteiger partial charge in [0, 0.05) is 24.1 Å². The summed E-state index contributed by atoms with van der Waals surface area (Å²) in [4.78, 5) is 12.0. The summed E-state index contributed by atoms with van der Waals surface area (Å²) in [5, 5.41) is 10.7. The third kappa shape index (κ3) is 2.23. The first-order valence-corrected chi connectivity index (χ1v) is 7.35. The first-order chi connectivity index (χ1) is 9.90. The van der Waals surface area contributed by atoms with Gasteiger partial charge in [0.15, 0.2) is 5.22 Å². The fourth-order valence-corrected chi connectivity index (χ4v) is 3.07. The normalized spacial score (nSPS) is 13.0. The van der Waals surface area contributed by atoms with Crippen LogP contribution in [-0.4, -0.2) is 14.2 Å². The highest BCUT2D eigenvalue weighted by Crippen LogP contribution is 2.33. The quantitative estimate of drug-likeness (QED) is 0.753. The fourth-order valence-electron chi connectivity index (χ4n) is 2.37. The Hall–Kier alpha value is -1.50. The monoisotopic (exact) mass is 370 g/mol. The Kier molecular flexibility index (Phi) is 3.47. The molecule has 1 atom stereocenters. The number of hydrogen-bond acceptors (Lipinski definition) is 3. The topological polar surface area (TPSA) is 60.3 Å². The summed E-state index contributed by atoms with van der Waals surface area (Å²) in [5.41, 5.74) is 2.00. The third-order valence-electron chi connectivity index (χ3n) is 3.55. The predicted molar refractivity (Wildman–Crippen MR) is 83.6 cm³/mol. The highest BCUT2D eigenvalue weighted by atomic mass is 79.9. The SMILES string of the molecule is Cn1c(=O)n(C)c2cc(C(O)c3ccc(Cl)o3)c(Br)cc21. The molecule has 2 heterocycles. The lowest BCUT2D eigenvalue weighted by Crippen LogP contribution is -2.19. The predicted octanol–water partition coefficient (Wildman–Crippen LogP) is 2.97. The molecule has 21 heavy (non-hydrogen) atoms. The van der Waals surface area contributed by atoms with Gasteiger partial charge in [-0.2, -0.15) is 0 Å². The van der Waals surface area contributed by atoms with E-state index in [9.17, 15) is 9.90 Å². The first-order valence-electron chi connectivity index (χ1n) is 6.18. The van der Waals surface area contributed by atoms with Crippen molar-refractivity contribution in [2.24, 2.45) is 14.1 Å². The second-order valence-corrected chi connectivity index (χ2v) is 6.03. The number of aliphatic hydroxyl groups is 1. The van der Waals surface area contributed by atoms with Crippen molar-refractivity contribution in [1.82, 2.24) is 9.13 Å². The molecule has 0 radical (unpaired) electrons. The van der Waals surface area contributed by atoms with Crippen molar-refractivity contribution in [3.63, 3.8) is 0 Å². The molecule has 110 valence electrons. The molecule has 1 aromatic carbocycles. The van der Waals surface area contributed by atoms with Crippen LogP contribution in [0.5, 0.6) is 0 Å². The van der Waals surface area contributed by atoms with Crippen molar-refractivity contribution in [1.29, 1.82) is 0 Å². The van der Waals surface area contributed by atoms with Crippen molar-refractivity contribution >= 4 is 38.6 Å². The van der Waals surface area contributed by atoms with E-state index >= 15 is 0 Å². The number of aliphatic hydroxyl groups excluding tert-OH is 1. The van der Waals surface area contributed by atoms with Gasteiger partial charge in [-0.05, 0) is 35.9 Å². The number of furan rings is 1. The number of halogens is 2. The number of hydrogen-bond donors (Lipinski definition) is 1. The van der Waals surface area contributed by atoms with Crippen molar-refractivity contribution < 1.29 is 9.52 Å². The van der Waals surface area contributed by atoms with Gasteiger partial charge in [0.2, 0.25) is 0 Å².